The SMILES string of the molecule is Cc1ccc(NC(=O)C(C)Oc2ccc(C#N)cc2)c(Br)c1. The third-order valence-corrected chi connectivity index (χ3v) is 3.70. The minimum atomic E-state index is -0.652. The molecule has 1 N–H and O–H groups in total. The molecule has 112 valence electrons. The molecule has 1 amide bonds. The van der Waals surface area contributed by atoms with Gasteiger partial charge in [-0.2, -0.15) is 5.26 Å². The minimum Gasteiger partial charge on any atom is -0.481 e. The Kier molecular flexibility index (Phi) is 5.18. The number of benzene rings is 2. The van der Waals surface area contributed by atoms with Crippen molar-refractivity contribution < 1.29 is 9.53 Å². The fraction of sp³-hybridized carbons (Fsp3) is 0.176. The third kappa shape index (κ3) is 4.09. The van der Waals surface area contributed by atoms with Gasteiger partial charge in [0.2, 0.25) is 0 Å². The molecule has 1 atom stereocenters. The molecule has 2 rings (SSSR count). The lowest BCUT2D eigenvalue weighted by Crippen LogP contribution is -2.30. The van der Waals surface area contributed by atoms with Gasteiger partial charge in [0.1, 0.15) is 5.75 Å². The van der Waals surface area contributed by atoms with E-state index in [1.165, 1.54) is 0 Å². The van der Waals surface area contributed by atoms with E-state index in [2.05, 4.69) is 21.2 Å². The lowest BCUT2D eigenvalue weighted by Gasteiger charge is -2.15. The summed E-state index contributed by atoms with van der Waals surface area (Å²) in [6, 6.07) is 14.4. The molecule has 5 heteroatoms. The van der Waals surface area contributed by atoms with Crippen LogP contribution >= 0.6 is 15.9 Å². The van der Waals surface area contributed by atoms with E-state index in [0.717, 1.165) is 10.0 Å². The highest BCUT2D eigenvalue weighted by atomic mass is 79.9. The lowest BCUT2D eigenvalue weighted by molar-refractivity contribution is -0.122. The fourth-order valence-corrected chi connectivity index (χ4v) is 2.41. The van der Waals surface area contributed by atoms with Crippen LogP contribution in [0.3, 0.4) is 0 Å². The summed E-state index contributed by atoms with van der Waals surface area (Å²) < 4.78 is 6.40. The Bertz CT molecular complexity index is 720. The number of hydrogen-bond donors (Lipinski definition) is 1. The van der Waals surface area contributed by atoms with E-state index in [1.54, 1.807) is 31.2 Å². The quantitative estimate of drug-likeness (QED) is 0.896. The molecule has 22 heavy (non-hydrogen) atoms. The number of carbonyl (C=O) groups is 1. The number of nitrogens with one attached hydrogen (secondary N) is 1. The van der Waals surface area contributed by atoms with Crippen molar-refractivity contribution in [3.63, 3.8) is 0 Å². The lowest BCUT2D eigenvalue weighted by atomic mass is 10.2. The smallest absolute Gasteiger partial charge is 0.265 e. The summed E-state index contributed by atoms with van der Waals surface area (Å²) in [6.45, 7) is 3.66. The Morgan fingerprint density at radius 3 is 2.55 bits per heavy atom. The van der Waals surface area contributed by atoms with Crippen LogP contribution in [0.25, 0.3) is 0 Å². The molecule has 0 aliphatic carbocycles. The number of rotatable bonds is 4. The molecule has 2 aromatic carbocycles. The molecule has 0 radical (unpaired) electrons. The van der Waals surface area contributed by atoms with Gasteiger partial charge >= 0.3 is 0 Å². The number of hydrogen-bond acceptors (Lipinski definition) is 3. The Labute approximate surface area is 137 Å². The summed E-state index contributed by atoms with van der Waals surface area (Å²) in [5.41, 5.74) is 2.35. The van der Waals surface area contributed by atoms with Crippen molar-refractivity contribution >= 4 is 27.5 Å². The molecule has 0 heterocycles. The first kappa shape index (κ1) is 16.1. The molecular formula is C17H15BrN2O2. The van der Waals surface area contributed by atoms with Crippen LogP contribution < -0.4 is 10.1 Å². The first-order valence-corrected chi connectivity index (χ1v) is 7.52. The maximum absolute atomic E-state index is 12.2. The molecule has 0 bridgehead atoms. The van der Waals surface area contributed by atoms with E-state index in [1.807, 2.05) is 31.2 Å². The molecule has 2 aromatic rings. The Morgan fingerprint density at radius 1 is 1.27 bits per heavy atom. The second-order valence-corrected chi connectivity index (χ2v) is 5.72. The van der Waals surface area contributed by atoms with Gasteiger partial charge in [0.25, 0.3) is 5.91 Å². The predicted octanol–water partition coefficient (Wildman–Crippen LogP) is 4.04. The molecule has 0 fully saturated rings. The van der Waals surface area contributed by atoms with Gasteiger partial charge in [-0.15, -0.1) is 0 Å². The van der Waals surface area contributed by atoms with Crippen LogP contribution in [-0.2, 0) is 4.79 Å². The number of amides is 1. The van der Waals surface area contributed by atoms with Gasteiger partial charge in [-0.1, -0.05) is 6.07 Å². The number of ether oxygens (including phenoxy) is 1. The van der Waals surface area contributed by atoms with Crippen molar-refractivity contribution in [3.8, 4) is 11.8 Å². The zero-order chi connectivity index (χ0) is 16.1. The second kappa shape index (κ2) is 7.10. The summed E-state index contributed by atoms with van der Waals surface area (Å²) in [4.78, 5) is 12.2. The average Bonchev–Trinajstić information content (AvgIpc) is 2.50. The van der Waals surface area contributed by atoms with Gasteiger partial charge in [-0.05, 0) is 71.7 Å². The molecule has 0 aliphatic heterocycles. The van der Waals surface area contributed by atoms with Crippen molar-refractivity contribution in [2.75, 3.05) is 5.32 Å². The van der Waals surface area contributed by atoms with Crippen molar-refractivity contribution in [1.82, 2.24) is 0 Å². The summed E-state index contributed by atoms with van der Waals surface area (Å²) in [6.07, 6.45) is -0.652. The van der Waals surface area contributed by atoms with E-state index in [-0.39, 0.29) is 5.91 Å². The van der Waals surface area contributed by atoms with Crippen molar-refractivity contribution in [2.45, 2.75) is 20.0 Å². The van der Waals surface area contributed by atoms with Gasteiger partial charge in [0.05, 0.1) is 17.3 Å². The van der Waals surface area contributed by atoms with Gasteiger partial charge in [0, 0.05) is 4.47 Å². The van der Waals surface area contributed by atoms with Gasteiger partial charge < -0.3 is 10.1 Å². The first-order chi connectivity index (χ1) is 10.5. The maximum atomic E-state index is 12.2. The molecule has 0 aromatic heterocycles. The highest BCUT2D eigenvalue weighted by molar-refractivity contribution is 9.10. The van der Waals surface area contributed by atoms with Crippen molar-refractivity contribution in [3.05, 3.63) is 58.1 Å². The van der Waals surface area contributed by atoms with Gasteiger partial charge in [0.15, 0.2) is 6.10 Å². The van der Waals surface area contributed by atoms with Crippen LogP contribution in [0.15, 0.2) is 46.9 Å². The number of carbonyl (C=O) groups excluding carboxylic acids is 1. The van der Waals surface area contributed by atoms with E-state index in [9.17, 15) is 4.79 Å². The van der Waals surface area contributed by atoms with Crippen LogP contribution in [-0.4, -0.2) is 12.0 Å². The van der Waals surface area contributed by atoms with Crippen LogP contribution in [0.2, 0.25) is 0 Å². The number of nitriles is 1. The largest absolute Gasteiger partial charge is 0.481 e. The van der Waals surface area contributed by atoms with Gasteiger partial charge in [-0.3, -0.25) is 4.79 Å². The zero-order valence-electron chi connectivity index (χ0n) is 12.3. The minimum absolute atomic E-state index is 0.242. The fourth-order valence-electron chi connectivity index (χ4n) is 1.82. The highest BCUT2D eigenvalue weighted by Gasteiger charge is 2.16. The molecule has 0 aliphatic rings. The molecule has 0 saturated heterocycles. The second-order valence-electron chi connectivity index (χ2n) is 4.87. The van der Waals surface area contributed by atoms with Crippen molar-refractivity contribution in [2.24, 2.45) is 0 Å². The Morgan fingerprint density at radius 2 is 1.95 bits per heavy atom. The first-order valence-electron chi connectivity index (χ1n) is 6.73. The molecule has 4 nitrogen and oxygen atoms in total. The Balaban J connectivity index is 2.01. The molecule has 0 saturated carbocycles. The standard InChI is InChI=1S/C17H15BrN2O2/c1-11-3-8-16(15(18)9-11)20-17(21)12(2)22-14-6-4-13(10-19)5-7-14/h3-9,12H,1-2H3,(H,20,21). The maximum Gasteiger partial charge on any atom is 0.265 e. The average molecular weight is 359 g/mol. The van der Waals surface area contributed by atoms with Crippen LogP contribution in [0.5, 0.6) is 5.75 Å². The molecule has 1 unspecified atom stereocenters. The van der Waals surface area contributed by atoms with E-state index in [4.69, 9.17) is 10.00 Å². The number of nitrogens with zero attached hydrogens (tertiary/aromatic N) is 1. The summed E-state index contributed by atoms with van der Waals surface area (Å²) in [5.74, 6) is 0.304. The number of halogens is 1. The number of anilines is 1. The van der Waals surface area contributed by atoms with Crippen molar-refractivity contribution in [1.29, 1.82) is 5.26 Å². The van der Waals surface area contributed by atoms with Crippen LogP contribution in [0.4, 0.5) is 5.69 Å². The highest BCUT2D eigenvalue weighted by Crippen LogP contribution is 2.23. The monoisotopic (exact) mass is 358 g/mol. The Hall–Kier alpha value is -2.32. The topological polar surface area (TPSA) is 62.1 Å². The third-order valence-electron chi connectivity index (χ3n) is 3.05. The summed E-state index contributed by atoms with van der Waals surface area (Å²) in [5, 5.41) is 11.6. The van der Waals surface area contributed by atoms with E-state index < -0.39 is 6.10 Å². The normalized spacial score (nSPS) is 11.4. The summed E-state index contributed by atoms with van der Waals surface area (Å²) in [7, 11) is 0. The predicted molar refractivity (Wildman–Crippen MR) is 88.8 cm³/mol. The molecule has 0 spiro atoms. The van der Waals surface area contributed by atoms with Crippen LogP contribution in [0, 0.1) is 18.3 Å². The molecular weight excluding hydrogens is 344 g/mol. The van der Waals surface area contributed by atoms with Gasteiger partial charge in [-0.25, -0.2) is 0 Å². The summed E-state index contributed by atoms with van der Waals surface area (Å²) >= 11 is 3.42. The number of aryl methyl sites for hydroxylation is 1. The van der Waals surface area contributed by atoms with E-state index in [0.29, 0.717) is 17.0 Å². The zero-order valence-corrected chi connectivity index (χ0v) is 13.8. The van der Waals surface area contributed by atoms with Crippen LogP contribution in [0.1, 0.15) is 18.1 Å². The van der Waals surface area contributed by atoms with E-state index >= 15 is 0 Å².